The summed E-state index contributed by atoms with van der Waals surface area (Å²) >= 11 is 0. The first-order valence-electron chi connectivity index (χ1n) is 21.0. The number of aromatic amines is 1. The third-order valence-electron chi connectivity index (χ3n) is 11.8. The van der Waals surface area contributed by atoms with E-state index in [0.717, 1.165) is 64.8 Å². The number of fused-ring (bicyclic) bond motifs is 2. The molecule has 5 aromatic rings. The maximum Gasteiger partial charge on any atom is 0.264 e. The number of hydrogen-bond acceptors (Lipinski definition) is 12. The number of H-pyrrole nitrogens is 1. The number of anilines is 2. The van der Waals surface area contributed by atoms with Crippen molar-refractivity contribution < 1.29 is 28.8 Å². The van der Waals surface area contributed by atoms with Crippen molar-refractivity contribution in [3.05, 3.63) is 105 Å². The van der Waals surface area contributed by atoms with Gasteiger partial charge in [-0.3, -0.25) is 53.4 Å². The van der Waals surface area contributed by atoms with Crippen LogP contribution in [0.25, 0.3) is 22.0 Å². The van der Waals surface area contributed by atoms with Crippen LogP contribution >= 0.6 is 0 Å². The average Bonchev–Trinajstić information content (AvgIpc) is 3.81. The van der Waals surface area contributed by atoms with Crippen LogP contribution in [0, 0.1) is 13.8 Å². The Bertz CT molecular complexity index is 2720. The number of amides is 6. The topological polar surface area (TPSA) is 224 Å². The quantitative estimate of drug-likeness (QED) is 0.108. The van der Waals surface area contributed by atoms with Gasteiger partial charge < -0.3 is 25.8 Å². The molecule has 3 aliphatic heterocycles. The van der Waals surface area contributed by atoms with E-state index in [1.165, 1.54) is 6.07 Å². The molecule has 326 valence electrons. The molecule has 0 aliphatic carbocycles. The number of hydrogen-bond donors (Lipinski definition) is 5. The third-order valence-corrected chi connectivity index (χ3v) is 11.8. The first kappa shape index (κ1) is 42.5. The van der Waals surface area contributed by atoms with E-state index in [-0.39, 0.29) is 60.5 Å². The van der Waals surface area contributed by atoms with Crippen molar-refractivity contribution in [2.24, 2.45) is 0 Å². The van der Waals surface area contributed by atoms with Crippen molar-refractivity contribution in [1.82, 2.24) is 45.5 Å². The van der Waals surface area contributed by atoms with Crippen molar-refractivity contribution in [3.63, 3.8) is 0 Å². The van der Waals surface area contributed by atoms with Crippen LogP contribution in [0.15, 0.2) is 65.7 Å². The number of nitrogens with one attached hydrogen (secondary N) is 5. The van der Waals surface area contributed by atoms with Gasteiger partial charge in [-0.2, -0.15) is 5.10 Å². The highest BCUT2D eigenvalue weighted by Gasteiger charge is 2.45. The molecule has 0 radical (unpaired) electrons. The number of aryl methyl sites for hydroxylation is 2. The fourth-order valence-electron chi connectivity index (χ4n) is 8.47. The van der Waals surface area contributed by atoms with Gasteiger partial charge in [0, 0.05) is 92.4 Å². The van der Waals surface area contributed by atoms with E-state index in [1.807, 2.05) is 68.9 Å². The van der Waals surface area contributed by atoms with Gasteiger partial charge in [0.05, 0.1) is 34.9 Å². The van der Waals surface area contributed by atoms with Crippen molar-refractivity contribution in [2.45, 2.75) is 59.2 Å². The van der Waals surface area contributed by atoms with Gasteiger partial charge in [-0.15, -0.1) is 0 Å². The van der Waals surface area contributed by atoms with Crippen molar-refractivity contribution in [1.29, 1.82) is 0 Å². The number of piperidine rings is 1. The molecule has 1 atom stereocenters. The Labute approximate surface area is 362 Å². The van der Waals surface area contributed by atoms with E-state index in [4.69, 9.17) is 4.98 Å². The minimum Gasteiger partial charge on any atom is -0.375 e. The van der Waals surface area contributed by atoms with Crippen LogP contribution in [0.5, 0.6) is 0 Å². The summed E-state index contributed by atoms with van der Waals surface area (Å²) in [7, 11) is 0. The third kappa shape index (κ3) is 8.66. The standard InChI is InChI=1S/C45H49N11O7/c1-25(2)56-36-20-29(19-31(33(36)23-50-56)41(59)49-22-32-26(3)18-27(4)51-42(32)60)28-8-10-37(48-21-28)54-16-14-53(15-17-54)13-12-46-39(58)24-47-34-7-5-6-30-40(34)45(63)55(44(30)62)35-9-11-38(57)52-43(35)61/h5-8,10,18-21,23,25,35,47H,9,11-17,22,24H2,1-4H3,(H,46,58)(H,49,59)(H,51,60)(H,52,57,61). The van der Waals surface area contributed by atoms with Crippen LogP contribution in [0.1, 0.15) is 80.6 Å². The Morgan fingerprint density at radius 3 is 2.41 bits per heavy atom. The van der Waals surface area contributed by atoms with Gasteiger partial charge in [-0.1, -0.05) is 6.07 Å². The lowest BCUT2D eigenvalue weighted by Gasteiger charge is -2.35. The molecule has 0 saturated carbocycles. The Morgan fingerprint density at radius 1 is 0.905 bits per heavy atom. The van der Waals surface area contributed by atoms with Gasteiger partial charge in [0.25, 0.3) is 23.3 Å². The number of piperazine rings is 1. The summed E-state index contributed by atoms with van der Waals surface area (Å²) in [6.07, 6.45) is 3.59. The molecule has 63 heavy (non-hydrogen) atoms. The summed E-state index contributed by atoms with van der Waals surface area (Å²) in [4.78, 5) is 103. The number of aromatic nitrogens is 4. The molecule has 2 saturated heterocycles. The van der Waals surface area contributed by atoms with Crippen molar-refractivity contribution in [2.75, 3.05) is 56.0 Å². The summed E-state index contributed by atoms with van der Waals surface area (Å²) in [5.74, 6) is -2.16. The number of rotatable bonds is 13. The van der Waals surface area contributed by atoms with Gasteiger partial charge in [0.2, 0.25) is 17.7 Å². The summed E-state index contributed by atoms with van der Waals surface area (Å²) in [6, 6.07) is 13.4. The summed E-state index contributed by atoms with van der Waals surface area (Å²) in [6.45, 7) is 11.7. The van der Waals surface area contributed by atoms with E-state index < -0.39 is 29.7 Å². The smallest absolute Gasteiger partial charge is 0.264 e. The molecule has 18 heteroatoms. The molecule has 2 fully saturated rings. The van der Waals surface area contributed by atoms with Crippen molar-refractivity contribution >= 4 is 57.9 Å². The number of nitrogens with zero attached hydrogens (tertiary/aromatic N) is 6. The summed E-state index contributed by atoms with van der Waals surface area (Å²) < 4.78 is 1.89. The lowest BCUT2D eigenvalue weighted by atomic mass is 10.0. The highest BCUT2D eigenvalue weighted by atomic mass is 16.2. The normalized spacial score (nSPS) is 16.7. The largest absolute Gasteiger partial charge is 0.375 e. The zero-order chi connectivity index (χ0) is 44.5. The van der Waals surface area contributed by atoms with Crippen LogP contribution in [-0.4, -0.2) is 117 Å². The molecule has 3 aliphatic rings. The molecular formula is C45H49N11O7. The zero-order valence-corrected chi connectivity index (χ0v) is 35.5. The number of imide groups is 2. The second-order valence-electron chi connectivity index (χ2n) is 16.4. The van der Waals surface area contributed by atoms with E-state index in [1.54, 1.807) is 18.3 Å². The van der Waals surface area contributed by atoms with Crippen LogP contribution < -0.4 is 31.7 Å². The zero-order valence-electron chi connectivity index (χ0n) is 35.5. The number of carbonyl (C=O) groups excluding carboxylic acids is 6. The minimum atomic E-state index is -1.08. The number of pyridine rings is 2. The first-order chi connectivity index (χ1) is 30.3. The van der Waals surface area contributed by atoms with Gasteiger partial charge >= 0.3 is 0 Å². The molecule has 6 amide bonds. The lowest BCUT2D eigenvalue weighted by molar-refractivity contribution is -0.136. The highest BCUT2D eigenvalue weighted by molar-refractivity contribution is 6.25. The maximum atomic E-state index is 13.7. The molecule has 18 nitrogen and oxygen atoms in total. The van der Waals surface area contributed by atoms with Crippen LogP contribution in [0.2, 0.25) is 0 Å². The molecule has 6 heterocycles. The second kappa shape index (κ2) is 17.6. The first-order valence-corrected chi connectivity index (χ1v) is 21.0. The van der Waals surface area contributed by atoms with E-state index in [0.29, 0.717) is 35.3 Å². The molecular weight excluding hydrogens is 807 g/mol. The predicted molar refractivity (Wildman–Crippen MR) is 234 cm³/mol. The fraction of sp³-hybridized carbons (Fsp3) is 0.356. The Morgan fingerprint density at radius 2 is 1.70 bits per heavy atom. The van der Waals surface area contributed by atoms with Gasteiger partial charge in [-0.05, 0) is 87.7 Å². The molecule has 3 aromatic heterocycles. The van der Waals surface area contributed by atoms with E-state index in [9.17, 15) is 33.6 Å². The van der Waals surface area contributed by atoms with Gasteiger partial charge in [0.15, 0.2) is 0 Å². The van der Waals surface area contributed by atoms with Crippen molar-refractivity contribution in [3.8, 4) is 11.1 Å². The lowest BCUT2D eigenvalue weighted by Crippen LogP contribution is -2.54. The van der Waals surface area contributed by atoms with Gasteiger partial charge in [0.1, 0.15) is 11.9 Å². The number of benzene rings is 2. The maximum absolute atomic E-state index is 13.7. The summed E-state index contributed by atoms with van der Waals surface area (Å²) in [5, 5.41) is 16.3. The molecule has 0 bridgehead atoms. The Kier molecular flexibility index (Phi) is 11.9. The highest BCUT2D eigenvalue weighted by Crippen LogP contribution is 2.33. The Balaban J connectivity index is 0.837. The number of carbonyl (C=O) groups is 6. The van der Waals surface area contributed by atoms with Crippen LogP contribution in [-0.2, 0) is 20.9 Å². The average molecular weight is 856 g/mol. The monoisotopic (exact) mass is 855 g/mol. The molecule has 0 spiro atoms. The fourth-order valence-corrected chi connectivity index (χ4v) is 8.47. The second-order valence-corrected chi connectivity index (χ2v) is 16.4. The summed E-state index contributed by atoms with van der Waals surface area (Å²) in [5.41, 5.74) is 5.32. The van der Waals surface area contributed by atoms with Crippen LogP contribution in [0.3, 0.4) is 0 Å². The van der Waals surface area contributed by atoms with Crippen LogP contribution in [0.4, 0.5) is 11.5 Å². The molecule has 8 rings (SSSR count). The van der Waals surface area contributed by atoms with Gasteiger partial charge in [-0.25, -0.2) is 4.98 Å². The van der Waals surface area contributed by atoms with E-state index in [2.05, 4.69) is 41.1 Å². The predicted octanol–water partition coefficient (Wildman–Crippen LogP) is 2.67. The molecule has 2 aromatic carbocycles. The molecule has 5 N–H and O–H groups in total. The SMILES string of the molecule is Cc1cc(C)c(CNC(=O)c2cc(-c3ccc(N4CCN(CCNC(=O)CNc5cccc6c5C(=O)N(C5CCC(=O)NC5=O)C6=O)CC4)nc3)cc3c2cnn3C(C)C)c(=O)[nH]1. The Hall–Kier alpha value is -7.21. The van der Waals surface area contributed by atoms with E-state index >= 15 is 0 Å². The molecule has 1 unspecified atom stereocenters. The minimum absolute atomic E-state index is 0.0239.